The molecule has 1 aliphatic carbocycles. The van der Waals surface area contributed by atoms with Crippen molar-refractivity contribution in [3.8, 4) is 0 Å². The zero-order chi connectivity index (χ0) is 21.1. The average Bonchev–Trinajstić information content (AvgIpc) is 2.97. The topological polar surface area (TPSA) is 88.2 Å². The Morgan fingerprint density at radius 1 is 1.03 bits per heavy atom. The van der Waals surface area contributed by atoms with Crippen LogP contribution < -0.4 is 10.0 Å². The molecule has 0 fully saturated rings. The maximum Gasteiger partial charge on any atom is 0.262 e. The van der Waals surface area contributed by atoms with Crippen LogP contribution in [0.15, 0.2) is 53.4 Å². The number of anilines is 2. The van der Waals surface area contributed by atoms with E-state index >= 15 is 0 Å². The van der Waals surface area contributed by atoms with E-state index in [4.69, 9.17) is 0 Å². The van der Waals surface area contributed by atoms with Crippen LogP contribution >= 0.6 is 11.3 Å². The molecule has 1 aliphatic rings. The number of carbonyl (C=O) groups is 1. The minimum Gasteiger partial charge on any atom is -0.298 e. The number of hydrogen-bond donors (Lipinski definition) is 2. The van der Waals surface area contributed by atoms with Crippen molar-refractivity contribution in [2.75, 3.05) is 10.0 Å². The number of carbonyl (C=O) groups excluding carboxylic acids is 1. The number of fused-ring (bicyclic) bond motifs is 1. The zero-order valence-corrected chi connectivity index (χ0v) is 17.7. The van der Waals surface area contributed by atoms with Gasteiger partial charge in [0.25, 0.3) is 15.9 Å². The number of hydrogen-bond acceptors (Lipinski definition) is 5. The number of sulfonamides is 1. The van der Waals surface area contributed by atoms with Gasteiger partial charge in [0.1, 0.15) is 5.82 Å². The second kappa shape index (κ2) is 8.53. The number of halogens is 1. The van der Waals surface area contributed by atoms with Gasteiger partial charge in [-0.2, -0.15) is 0 Å². The standard InChI is InChI=1S/C21H20FN3O3S2/c22-16-9-4-5-10-17(16)25-30(27,28)15-8-6-7-14(13-15)20(26)24-21-23-18-11-2-1-3-12-19(18)29-21/h4-10,13,25H,1-3,11-12H2,(H,23,24,26). The highest BCUT2D eigenvalue weighted by Crippen LogP contribution is 2.29. The third kappa shape index (κ3) is 4.52. The van der Waals surface area contributed by atoms with Crippen LogP contribution in [0.1, 0.15) is 40.2 Å². The van der Waals surface area contributed by atoms with Crippen molar-refractivity contribution in [3.05, 3.63) is 70.5 Å². The smallest absolute Gasteiger partial charge is 0.262 e. The summed E-state index contributed by atoms with van der Waals surface area (Å²) >= 11 is 1.47. The van der Waals surface area contributed by atoms with Gasteiger partial charge >= 0.3 is 0 Å². The van der Waals surface area contributed by atoms with Gasteiger partial charge in [-0.3, -0.25) is 14.8 Å². The van der Waals surface area contributed by atoms with Gasteiger partial charge in [0.15, 0.2) is 5.13 Å². The maximum atomic E-state index is 13.8. The minimum absolute atomic E-state index is 0.131. The Hall–Kier alpha value is -2.78. The predicted molar refractivity (Wildman–Crippen MR) is 115 cm³/mol. The van der Waals surface area contributed by atoms with Crippen LogP contribution in [0.3, 0.4) is 0 Å². The largest absolute Gasteiger partial charge is 0.298 e. The van der Waals surface area contributed by atoms with Crippen molar-refractivity contribution < 1.29 is 17.6 Å². The molecule has 0 unspecified atom stereocenters. The fraction of sp³-hybridized carbons (Fsp3) is 0.238. The number of para-hydroxylation sites is 1. The van der Waals surface area contributed by atoms with E-state index in [2.05, 4.69) is 15.0 Å². The number of rotatable bonds is 5. The summed E-state index contributed by atoms with van der Waals surface area (Å²) in [5.74, 6) is -1.12. The van der Waals surface area contributed by atoms with Gasteiger partial charge in [0.2, 0.25) is 0 Å². The molecule has 0 spiro atoms. The van der Waals surface area contributed by atoms with Crippen molar-refractivity contribution in [1.82, 2.24) is 4.98 Å². The van der Waals surface area contributed by atoms with Crippen molar-refractivity contribution in [2.45, 2.75) is 37.0 Å². The van der Waals surface area contributed by atoms with Crippen LogP contribution in [0, 0.1) is 5.82 Å². The molecule has 0 saturated carbocycles. The molecular weight excluding hydrogens is 425 g/mol. The SMILES string of the molecule is O=C(Nc1nc2c(s1)CCCCC2)c1cccc(S(=O)(=O)Nc2ccccc2F)c1. The first kappa shape index (κ1) is 20.5. The highest BCUT2D eigenvalue weighted by Gasteiger charge is 2.20. The van der Waals surface area contributed by atoms with Gasteiger partial charge in [-0.25, -0.2) is 17.8 Å². The number of thiazole rings is 1. The molecule has 1 amide bonds. The summed E-state index contributed by atoms with van der Waals surface area (Å²) in [7, 11) is -4.05. The molecule has 6 nitrogen and oxygen atoms in total. The van der Waals surface area contributed by atoms with E-state index in [9.17, 15) is 17.6 Å². The molecule has 2 N–H and O–H groups in total. The first-order chi connectivity index (χ1) is 14.4. The minimum atomic E-state index is -4.05. The fourth-order valence-corrected chi connectivity index (χ4v) is 5.46. The quantitative estimate of drug-likeness (QED) is 0.562. The summed E-state index contributed by atoms with van der Waals surface area (Å²) in [4.78, 5) is 18.3. The average molecular weight is 446 g/mol. The van der Waals surface area contributed by atoms with E-state index in [1.165, 1.54) is 65.1 Å². The Balaban J connectivity index is 1.53. The molecule has 30 heavy (non-hydrogen) atoms. The lowest BCUT2D eigenvalue weighted by molar-refractivity contribution is 0.102. The number of nitrogens with zero attached hydrogens (tertiary/aromatic N) is 1. The van der Waals surface area contributed by atoms with E-state index in [-0.39, 0.29) is 16.1 Å². The molecule has 1 aromatic heterocycles. The van der Waals surface area contributed by atoms with Gasteiger partial charge in [0.05, 0.1) is 16.3 Å². The van der Waals surface area contributed by atoms with E-state index < -0.39 is 21.7 Å². The van der Waals surface area contributed by atoms with Crippen molar-refractivity contribution >= 4 is 38.1 Å². The number of amides is 1. The molecule has 4 rings (SSSR count). The summed E-state index contributed by atoms with van der Waals surface area (Å²) in [5.41, 5.74) is 1.06. The molecule has 156 valence electrons. The van der Waals surface area contributed by atoms with Crippen molar-refractivity contribution in [3.63, 3.8) is 0 Å². The highest BCUT2D eigenvalue weighted by atomic mass is 32.2. The second-order valence-corrected chi connectivity index (χ2v) is 9.78. The van der Waals surface area contributed by atoms with Crippen molar-refractivity contribution in [1.29, 1.82) is 0 Å². The lowest BCUT2D eigenvalue weighted by Gasteiger charge is -2.10. The number of nitrogens with one attached hydrogen (secondary N) is 2. The molecule has 0 aliphatic heterocycles. The lowest BCUT2D eigenvalue weighted by Crippen LogP contribution is -2.16. The summed E-state index contributed by atoms with van der Waals surface area (Å²) in [6.45, 7) is 0. The number of aryl methyl sites for hydroxylation is 2. The molecule has 0 atom stereocenters. The third-order valence-corrected chi connectivity index (χ3v) is 7.28. The van der Waals surface area contributed by atoms with Gasteiger partial charge in [-0.15, -0.1) is 11.3 Å². The maximum absolute atomic E-state index is 13.8. The van der Waals surface area contributed by atoms with Gasteiger partial charge in [-0.1, -0.05) is 24.6 Å². The second-order valence-electron chi connectivity index (χ2n) is 7.02. The molecule has 0 saturated heterocycles. The van der Waals surface area contributed by atoms with Gasteiger partial charge in [0, 0.05) is 10.4 Å². The van der Waals surface area contributed by atoms with E-state index in [0.29, 0.717) is 5.13 Å². The summed E-state index contributed by atoms with van der Waals surface area (Å²) in [6, 6.07) is 11.1. The molecule has 9 heteroatoms. The normalized spacial score (nSPS) is 13.9. The summed E-state index contributed by atoms with van der Waals surface area (Å²) < 4.78 is 41.3. The zero-order valence-electron chi connectivity index (χ0n) is 16.0. The number of benzene rings is 2. The Kier molecular flexibility index (Phi) is 5.83. The first-order valence-electron chi connectivity index (χ1n) is 9.60. The monoisotopic (exact) mass is 445 g/mol. The molecule has 0 radical (unpaired) electrons. The van der Waals surface area contributed by atoms with Crippen LogP contribution in [0.25, 0.3) is 0 Å². The van der Waals surface area contributed by atoms with Gasteiger partial charge < -0.3 is 0 Å². The molecular formula is C21H20FN3O3S2. The molecule has 2 aromatic carbocycles. The van der Waals surface area contributed by atoms with E-state index in [1.807, 2.05) is 0 Å². The molecule has 0 bridgehead atoms. The van der Waals surface area contributed by atoms with Gasteiger partial charge in [-0.05, 0) is 56.0 Å². The van der Waals surface area contributed by atoms with Crippen LogP contribution in [0.5, 0.6) is 0 Å². The molecule has 1 heterocycles. The van der Waals surface area contributed by atoms with Crippen LogP contribution in [-0.4, -0.2) is 19.3 Å². The molecule has 3 aromatic rings. The Morgan fingerprint density at radius 2 is 1.83 bits per heavy atom. The summed E-state index contributed by atoms with van der Waals surface area (Å²) in [6.07, 6.45) is 5.29. The van der Waals surface area contributed by atoms with E-state index in [0.717, 1.165) is 37.4 Å². The Morgan fingerprint density at radius 3 is 2.67 bits per heavy atom. The van der Waals surface area contributed by atoms with Crippen molar-refractivity contribution in [2.24, 2.45) is 0 Å². The van der Waals surface area contributed by atoms with Crippen LogP contribution in [-0.2, 0) is 22.9 Å². The summed E-state index contributed by atoms with van der Waals surface area (Å²) in [5, 5.41) is 3.28. The number of aromatic nitrogens is 1. The highest BCUT2D eigenvalue weighted by molar-refractivity contribution is 7.92. The Labute approximate surface area is 178 Å². The first-order valence-corrected chi connectivity index (χ1v) is 11.9. The van der Waals surface area contributed by atoms with Crippen LogP contribution in [0.2, 0.25) is 0 Å². The Bertz CT molecular complexity index is 1170. The lowest BCUT2D eigenvalue weighted by atomic mass is 10.2. The van der Waals surface area contributed by atoms with E-state index in [1.54, 1.807) is 0 Å². The fourth-order valence-electron chi connectivity index (χ4n) is 3.30. The third-order valence-electron chi connectivity index (χ3n) is 4.84. The predicted octanol–water partition coefficient (Wildman–Crippen LogP) is 4.60. The van der Waals surface area contributed by atoms with Crippen LogP contribution in [0.4, 0.5) is 15.2 Å².